The Balaban J connectivity index is 1.56. The number of nitrogens with zero attached hydrogens (tertiary/aromatic N) is 1. The largest absolute Gasteiger partial charge is 0.466 e. The molecule has 0 aliphatic carbocycles. The van der Waals surface area contributed by atoms with Gasteiger partial charge in [0.2, 0.25) is 11.8 Å². The number of likely N-dealkylation sites (tertiary alicyclic amines) is 1. The number of hydrogen-bond donors (Lipinski definition) is 2. The zero-order valence-electron chi connectivity index (χ0n) is 20.9. The molecule has 6 atom stereocenters. The normalized spacial score (nSPS) is 28.8. The van der Waals surface area contributed by atoms with E-state index in [1.54, 1.807) is 19.1 Å². The van der Waals surface area contributed by atoms with Gasteiger partial charge < -0.3 is 24.8 Å². The van der Waals surface area contributed by atoms with Gasteiger partial charge in [0.1, 0.15) is 11.6 Å². The van der Waals surface area contributed by atoms with E-state index in [2.05, 4.69) is 5.32 Å². The van der Waals surface area contributed by atoms with Crippen molar-refractivity contribution in [2.75, 3.05) is 18.5 Å². The van der Waals surface area contributed by atoms with Crippen LogP contribution in [0.5, 0.6) is 0 Å². The van der Waals surface area contributed by atoms with Crippen LogP contribution in [0.3, 0.4) is 0 Å². The molecule has 196 valence electrons. The Bertz CT molecular complexity index is 1190. The van der Waals surface area contributed by atoms with Crippen LogP contribution < -0.4 is 5.32 Å². The monoisotopic (exact) mass is 526 g/mol. The molecule has 37 heavy (non-hydrogen) atoms. The van der Waals surface area contributed by atoms with Gasteiger partial charge in [-0.3, -0.25) is 14.4 Å². The first-order valence-electron chi connectivity index (χ1n) is 12.7. The molecule has 2 N–H and O–H groups in total. The number of esters is 1. The smallest absolute Gasteiger partial charge is 0.312 e. The molecule has 3 heterocycles. The van der Waals surface area contributed by atoms with Crippen molar-refractivity contribution in [1.29, 1.82) is 0 Å². The Morgan fingerprint density at radius 3 is 2.68 bits per heavy atom. The summed E-state index contributed by atoms with van der Waals surface area (Å²) in [4.78, 5) is 42.6. The second kappa shape index (κ2) is 10.1. The lowest BCUT2D eigenvalue weighted by Crippen LogP contribution is -2.56. The van der Waals surface area contributed by atoms with Crippen molar-refractivity contribution >= 4 is 35.1 Å². The van der Waals surface area contributed by atoms with Crippen LogP contribution in [-0.2, 0) is 30.3 Å². The SMILES string of the molecule is CCOC(=O)[C@@H]1[C@H]2C(=O)N([C@@H](CO)Cc3ccccc3)[C@H](C(=O)Nc3c(C)cccc3Cl)[C@]23CC[C@H]1O3. The average molecular weight is 527 g/mol. The van der Waals surface area contributed by atoms with Crippen LogP contribution in [0.2, 0.25) is 5.02 Å². The predicted molar refractivity (Wildman–Crippen MR) is 137 cm³/mol. The molecule has 0 unspecified atom stereocenters. The number of hydrogen-bond acceptors (Lipinski definition) is 6. The molecule has 2 aromatic rings. The van der Waals surface area contributed by atoms with E-state index < -0.39 is 47.5 Å². The van der Waals surface area contributed by atoms with E-state index in [-0.39, 0.29) is 19.1 Å². The molecule has 5 rings (SSSR count). The molecule has 2 amide bonds. The Morgan fingerprint density at radius 1 is 1.24 bits per heavy atom. The highest BCUT2D eigenvalue weighted by Gasteiger charge is 2.75. The third kappa shape index (κ3) is 4.21. The van der Waals surface area contributed by atoms with Crippen molar-refractivity contribution in [2.24, 2.45) is 11.8 Å². The summed E-state index contributed by atoms with van der Waals surface area (Å²) < 4.78 is 11.7. The quantitative estimate of drug-likeness (QED) is 0.512. The molecule has 0 saturated carbocycles. The van der Waals surface area contributed by atoms with E-state index in [9.17, 15) is 19.5 Å². The van der Waals surface area contributed by atoms with Crippen LogP contribution in [-0.4, -0.2) is 64.8 Å². The molecule has 3 aliphatic rings. The number of ether oxygens (including phenoxy) is 2. The van der Waals surface area contributed by atoms with Crippen LogP contribution in [0.25, 0.3) is 0 Å². The standard InChI is InChI=1S/C28H31ClN2O6/c1-3-36-27(35)21-20-12-13-28(37-20)22(21)26(34)31(18(15-32)14-17-9-5-4-6-10-17)24(28)25(33)30-23-16(2)8-7-11-19(23)29/h4-11,18,20-22,24,32H,3,12-15H2,1-2H3,(H,30,33)/t18-,20-,21+,22+,24-,28+/m1/s1. The summed E-state index contributed by atoms with van der Waals surface area (Å²) in [5.74, 6) is -2.97. The summed E-state index contributed by atoms with van der Waals surface area (Å²) in [7, 11) is 0. The van der Waals surface area contributed by atoms with Crippen LogP contribution in [0.1, 0.15) is 30.9 Å². The minimum Gasteiger partial charge on any atom is -0.466 e. The number of carbonyl (C=O) groups excluding carboxylic acids is 3. The van der Waals surface area contributed by atoms with E-state index >= 15 is 0 Å². The first-order chi connectivity index (χ1) is 17.8. The van der Waals surface area contributed by atoms with Crippen LogP contribution in [0.4, 0.5) is 5.69 Å². The number of benzene rings is 2. The van der Waals surface area contributed by atoms with Gasteiger partial charge in [0, 0.05) is 0 Å². The lowest BCUT2D eigenvalue weighted by atomic mass is 9.70. The first kappa shape index (κ1) is 25.7. The summed E-state index contributed by atoms with van der Waals surface area (Å²) >= 11 is 6.40. The maximum atomic E-state index is 14.1. The number of rotatable bonds is 8. The number of aliphatic hydroxyl groups is 1. The molecule has 9 heteroatoms. The summed E-state index contributed by atoms with van der Waals surface area (Å²) in [6.45, 7) is 3.38. The van der Waals surface area contributed by atoms with Gasteiger partial charge in [0.05, 0.1) is 47.9 Å². The predicted octanol–water partition coefficient (Wildman–Crippen LogP) is 3.13. The fourth-order valence-corrected chi connectivity index (χ4v) is 6.68. The number of aryl methyl sites for hydroxylation is 1. The topological polar surface area (TPSA) is 105 Å². The Kier molecular flexibility index (Phi) is 7.00. The summed E-state index contributed by atoms with van der Waals surface area (Å²) in [6, 6.07) is 13.0. The van der Waals surface area contributed by atoms with Crippen LogP contribution in [0.15, 0.2) is 48.5 Å². The minimum absolute atomic E-state index is 0.183. The molecule has 1 spiro atoms. The van der Waals surface area contributed by atoms with Crippen LogP contribution in [0, 0.1) is 18.8 Å². The fraction of sp³-hybridized carbons (Fsp3) is 0.464. The molecular formula is C28H31ClN2O6. The van der Waals surface area contributed by atoms with E-state index in [0.29, 0.717) is 30.0 Å². The van der Waals surface area contributed by atoms with Gasteiger partial charge in [0.15, 0.2) is 0 Å². The third-order valence-corrected chi connectivity index (χ3v) is 8.25. The first-order valence-corrected chi connectivity index (χ1v) is 13.1. The molecule has 3 aliphatic heterocycles. The number of halogens is 1. The number of aliphatic hydroxyl groups excluding tert-OH is 1. The van der Waals surface area contributed by atoms with E-state index in [1.165, 1.54) is 4.90 Å². The van der Waals surface area contributed by atoms with Crippen molar-refractivity contribution in [1.82, 2.24) is 4.90 Å². The Morgan fingerprint density at radius 2 is 2.00 bits per heavy atom. The van der Waals surface area contributed by atoms with Gasteiger partial charge in [-0.15, -0.1) is 0 Å². The number of nitrogens with one attached hydrogen (secondary N) is 1. The highest BCUT2D eigenvalue weighted by molar-refractivity contribution is 6.34. The molecule has 3 saturated heterocycles. The van der Waals surface area contributed by atoms with E-state index in [4.69, 9.17) is 21.1 Å². The summed E-state index contributed by atoms with van der Waals surface area (Å²) in [5.41, 5.74) is 0.953. The highest BCUT2D eigenvalue weighted by atomic mass is 35.5. The molecule has 2 aromatic carbocycles. The number of carbonyl (C=O) groups is 3. The van der Waals surface area contributed by atoms with Crippen molar-refractivity contribution < 1.29 is 29.0 Å². The fourth-order valence-electron chi connectivity index (χ4n) is 6.41. The van der Waals surface area contributed by atoms with Gasteiger partial charge >= 0.3 is 5.97 Å². The number of fused-ring (bicyclic) bond motifs is 1. The van der Waals surface area contributed by atoms with Gasteiger partial charge in [-0.2, -0.15) is 0 Å². The second-order valence-electron chi connectivity index (χ2n) is 10.0. The van der Waals surface area contributed by atoms with Gasteiger partial charge in [-0.25, -0.2) is 0 Å². The molecule has 0 aromatic heterocycles. The molecule has 2 bridgehead atoms. The second-order valence-corrected chi connectivity index (χ2v) is 10.4. The highest BCUT2D eigenvalue weighted by Crippen LogP contribution is 2.59. The lowest BCUT2D eigenvalue weighted by Gasteiger charge is -2.37. The molecule has 0 radical (unpaired) electrons. The van der Waals surface area contributed by atoms with Gasteiger partial charge in [-0.1, -0.05) is 54.1 Å². The van der Waals surface area contributed by atoms with Crippen molar-refractivity contribution in [3.63, 3.8) is 0 Å². The van der Waals surface area contributed by atoms with Gasteiger partial charge in [0.25, 0.3) is 0 Å². The van der Waals surface area contributed by atoms with E-state index in [0.717, 1.165) is 11.1 Å². The summed E-state index contributed by atoms with van der Waals surface area (Å²) in [6.07, 6.45) is 0.838. The Hall–Kier alpha value is -2.94. The van der Waals surface area contributed by atoms with Crippen molar-refractivity contribution in [3.8, 4) is 0 Å². The van der Waals surface area contributed by atoms with Gasteiger partial charge in [-0.05, 0) is 50.3 Å². The number of anilines is 1. The average Bonchev–Trinajstić information content (AvgIpc) is 3.53. The zero-order chi connectivity index (χ0) is 26.3. The number of para-hydroxylation sites is 1. The van der Waals surface area contributed by atoms with E-state index in [1.807, 2.05) is 43.3 Å². The molecular weight excluding hydrogens is 496 g/mol. The summed E-state index contributed by atoms with van der Waals surface area (Å²) in [5, 5.41) is 13.8. The number of amides is 2. The minimum atomic E-state index is -1.19. The van der Waals surface area contributed by atoms with Crippen LogP contribution >= 0.6 is 11.6 Å². The Labute approximate surface area is 220 Å². The maximum absolute atomic E-state index is 14.1. The molecule has 8 nitrogen and oxygen atoms in total. The van der Waals surface area contributed by atoms with Crippen molar-refractivity contribution in [2.45, 2.75) is 56.9 Å². The van der Waals surface area contributed by atoms with Crippen molar-refractivity contribution in [3.05, 3.63) is 64.7 Å². The third-order valence-electron chi connectivity index (χ3n) is 7.93. The maximum Gasteiger partial charge on any atom is 0.312 e. The lowest BCUT2D eigenvalue weighted by molar-refractivity contribution is -0.155. The zero-order valence-corrected chi connectivity index (χ0v) is 21.6. The molecule has 3 fully saturated rings.